The topological polar surface area (TPSA) is 77.1 Å². The average Bonchev–Trinajstić information content (AvgIpc) is 3.42. The van der Waals surface area contributed by atoms with Gasteiger partial charge in [-0.1, -0.05) is 95.6 Å². The number of rotatable bonds is 22. The Hall–Kier alpha value is -1.28. The zero-order chi connectivity index (χ0) is 58.7. The smallest absolute Gasteiger partial charge is 0.125 e. The molecule has 81 heavy (non-hydrogen) atoms. The molecule has 1 N–H and O–H groups in total. The van der Waals surface area contributed by atoms with Crippen LogP contribution in [-0.4, -0.2) is 151 Å². The van der Waals surface area contributed by atoms with E-state index < -0.39 is 0 Å². The Labute approximate surface area is 539 Å². The first-order chi connectivity index (χ1) is 38.9. The summed E-state index contributed by atoms with van der Waals surface area (Å²) in [7, 11) is 2.20. The van der Waals surface area contributed by atoms with E-state index >= 15 is 0 Å². The number of aryl methyl sites for hydroxylation is 8. The molecule has 4 aromatic carbocycles. The van der Waals surface area contributed by atoms with Gasteiger partial charge >= 0.3 is 0 Å². The summed E-state index contributed by atoms with van der Waals surface area (Å²) in [6.07, 6.45) is 10.1. The van der Waals surface area contributed by atoms with Gasteiger partial charge in [-0.3, -0.25) is 0 Å². The number of likely N-dealkylation sites (tertiary alicyclic amines) is 3. The van der Waals surface area contributed by atoms with Crippen LogP contribution in [0.3, 0.4) is 0 Å². The summed E-state index contributed by atoms with van der Waals surface area (Å²) in [5, 5.41) is 5.28. The van der Waals surface area contributed by atoms with Gasteiger partial charge < -0.3 is 48.4 Å². The Morgan fingerprint density at radius 1 is 0.420 bits per heavy atom. The Balaban J connectivity index is 0.000000236. The summed E-state index contributed by atoms with van der Waals surface area (Å²) in [5.41, 5.74) is 9.64. The molecule has 4 atom stereocenters. The Kier molecular flexibility index (Phi) is 33.8. The number of nitrogens with one attached hydrogen (secondary N) is 1. The molecule has 4 aliphatic heterocycles. The van der Waals surface area contributed by atoms with Crippen LogP contribution in [0.2, 0.25) is 0 Å². The highest BCUT2D eigenvalue weighted by atomic mass is 79.9. The van der Waals surface area contributed by atoms with Crippen molar-refractivity contribution in [3.8, 4) is 23.0 Å². The number of hydrogen-bond acceptors (Lipinski definition) is 10. The molecule has 454 valence electrons. The Morgan fingerprint density at radius 2 is 0.728 bits per heavy atom. The van der Waals surface area contributed by atoms with Crippen LogP contribution in [0.5, 0.6) is 23.0 Å². The van der Waals surface area contributed by atoms with Gasteiger partial charge in [-0.05, 0) is 233 Å². The van der Waals surface area contributed by atoms with E-state index in [1.54, 1.807) is 0 Å². The van der Waals surface area contributed by atoms with E-state index in [-0.39, 0.29) is 0 Å². The third-order valence-electron chi connectivity index (χ3n) is 15.4. The van der Waals surface area contributed by atoms with E-state index in [2.05, 4.69) is 227 Å². The van der Waals surface area contributed by atoms with Gasteiger partial charge in [0.15, 0.2) is 0 Å². The largest absolute Gasteiger partial charge is 0.493 e. The van der Waals surface area contributed by atoms with Gasteiger partial charge in [-0.25, -0.2) is 0 Å². The zero-order valence-corrected chi connectivity index (χ0v) is 59.8. The minimum absolute atomic E-state index is 0.582. The summed E-state index contributed by atoms with van der Waals surface area (Å²) in [6.45, 7) is 34.6. The van der Waals surface area contributed by atoms with Crippen molar-refractivity contribution in [2.24, 2.45) is 23.7 Å². The second kappa shape index (κ2) is 38.8. The maximum atomic E-state index is 6.29. The summed E-state index contributed by atoms with van der Waals surface area (Å²) in [5.74, 6) is 6.70. The third kappa shape index (κ3) is 26.3. The molecule has 0 aliphatic carbocycles. The molecule has 8 rings (SSSR count). The standard InChI is InChI=1S/C32H46Br2N2O3.C15H22BrNO.C14H20BrNO.C4H8Br2O/c1-23-15-29(33)16-24(2)31(23)38-21-27-7-5-9-35(19-27)11-13-37-14-12-36-10-6-8-28(20-36)22-39-32-25(3)17-30(34)18-26(32)4;1-11-7-14(16)8-12(2)15(11)18-10-13-5-4-6-17(3)9-13;1-10-6-13(15)7-11(2)14(10)17-9-12-4-3-5-16-8-12;5-1-3-7-4-2-6/h15-18,27-28H,5-14,19-22H2,1-4H3;7-8,13H,4-6,9-10H2,1-3H3;6-7,12,16H,3-5,8-9H2,1-2H3;1-4H2. The molecule has 0 aromatic heterocycles. The monoisotopic (exact) mass is 1500 g/mol. The first-order valence-electron chi connectivity index (χ1n) is 29.6. The quantitative estimate of drug-likeness (QED) is 0.0607. The normalized spacial score (nSPS) is 19.7. The maximum absolute atomic E-state index is 6.29. The average molecular weight is 1510 g/mol. The van der Waals surface area contributed by atoms with Gasteiger partial charge in [0.1, 0.15) is 23.0 Å². The van der Waals surface area contributed by atoms with E-state index in [1.807, 2.05) is 0 Å². The summed E-state index contributed by atoms with van der Waals surface area (Å²) < 4.78 is 40.3. The highest BCUT2D eigenvalue weighted by Crippen LogP contribution is 2.32. The molecule has 4 fully saturated rings. The minimum Gasteiger partial charge on any atom is -0.493 e. The van der Waals surface area contributed by atoms with Crippen LogP contribution in [0.1, 0.15) is 95.9 Å². The van der Waals surface area contributed by atoms with Crippen LogP contribution >= 0.6 is 95.6 Å². The van der Waals surface area contributed by atoms with E-state index in [9.17, 15) is 0 Å². The number of nitrogens with zero attached hydrogens (tertiary/aromatic N) is 3. The van der Waals surface area contributed by atoms with Crippen molar-refractivity contribution in [3.63, 3.8) is 0 Å². The maximum Gasteiger partial charge on any atom is 0.125 e. The second-order valence-corrected chi connectivity index (χ2v) is 28.2. The van der Waals surface area contributed by atoms with Crippen LogP contribution in [0.15, 0.2) is 66.4 Å². The molecule has 0 saturated carbocycles. The SMILES string of the molecule is BrCCOCCBr.Cc1cc(Br)cc(C)c1OCC1CCCN(C)C1.Cc1cc(Br)cc(C)c1OCC1CCCN(CCOCCN2CCCC(COc3c(C)cc(Br)cc3C)C2)C1.Cc1cc(Br)cc(C)c1OCC1CCCNC1. The van der Waals surface area contributed by atoms with E-state index in [1.165, 1.54) is 116 Å². The molecule has 4 saturated heterocycles. The van der Waals surface area contributed by atoms with Gasteiger partial charge in [0, 0.05) is 91.5 Å². The first kappa shape index (κ1) is 70.5. The molecule has 10 nitrogen and oxygen atoms in total. The van der Waals surface area contributed by atoms with Crippen molar-refractivity contribution in [1.82, 2.24) is 20.0 Å². The van der Waals surface area contributed by atoms with Gasteiger partial charge in [0.2, 0.25) is 0 Å². The summed E-state index contributed by atoms with van der Waals surface area (Å²) in [4.78, 5) is 7.51. The Morgan fingerprint density at radius 3 is 1.05 bits per heavy atom. The lowest BCUT2D eigenvalue weighted by atomic mass is 9.99. The first-order valence-corrected chi connectivity index (χ1v) is 35.0. The fourth-order valence-corrected chi connectivity index (χ4v) is 14.7. The lowest BCUT2D eigenvalue weighted by Crippen LogP contribution is -2.41. The van der Waals surface area contributed by atoms with Crippen molar-refractivity contribution in [1.29, 1.82) is 0 Å². The van der Waals surface area contributed by atoms with E-state index in [0.717, 1.165) is 150 Å². The number of benzene rings is 4. The summed E-state index contributed by atoms with van der Waals surface area (Å²) >= 11 is 20.7. The highest BCUT2D eigenvalue weighted by Gasteiger charge is 2.24. The predicted octanol–water partition coefficient (Wildman–Crippen LogP) is 16.4. The van der Waals surface area contributed by atoms with Crippen molar-refractivity contribution in [2.45, 2.75) is 107 Å². The number of hydrogen-bond donors (Lipinski definition) is 1. The molecule has 0 amide bonds. The molecule has 16 heteroatoms. The molecule has 4 aromatic rings. The molecule has 0 spiro atoms. The fraction of sp³-hybridized carbons (Fsp3) is 0.631. The van der Waals surface area contributed by atoms with Crippen LogP contribution in [-0.2, 0) is 9.47 Å². The van der Waals surface area contributed by atoms with Gasteiger partial charge in [0.05, 0.1) is 52.9 Å². The molecular weight excluding hydrogens is 1410 g/mol. The number of alkyl halides is 2. The lowest BCUT2D eigenvalue weighted by Gasteiger charge is -2.33. The molecular formula is C65H96Br6N4O6. The molecule has 4 heterocycles. The van der Waals surface area contributed by atoms with Crippen molar-refractivity contribution >= 4 is 95.6 Å². The fourth-order valence-electron chi connectivity index (χ4n) is 11.5. The zero-order valence-electron chi connectivity index (χ0n) is 50.3. The number of halogens is 6. The van der Waals surface area contributed by atoms with E-state index in [0.29, 0.717) is 23.7 Å². The Bertz CT molecular complexity index is 2280. The molecule has 4 aliphatic rings. The third-order valence-corrected chi connectivity index (χ3v) is 17.9. The van der Waals surface area contributed by atoms with Crippen LogP contribution in [0.4, 0.5) is 0 Å². The van der Waals surface area contributed by atoms with Gasteiger partial charge in [-0.15, -0.1) is 0 Å². The van der Waals surface area contributed by atoms with Crippen molar-refractivity contribution in [2.75, 3.05) is 136 Å². The molecule has 0 bridgehead atoms. The van der Waals surface area contributed by atoms with E-state index in [4.69, 9.17) is 28.4 Å². The highest BCUT2D eigenvalue weighted by molar-refractivity contribution is 9.11. The van der Waals surface area contributed by atoms with Gasteiger partial charge in [0.25, 0.3) is 0 Å². The van der Waals surface area contributed by atoms with Crippen molar-refractivity contribution < 1.29 is 28.4 Å². The lowest BCUT2D eigenvalue weighted by molar-refractivity contribution is 0.0517. The van der Waals surface area contributed by atoms with Crippen LogP contribution < -0.4 is 24.3 Å². The number of piperidine rings is 4. The second-order valence-electron chi connectivity index (χ2n) is 22.9. The van der Waals surface area contributed by atoms with Crippen molar-refractivity contribution in [3.05, 3.63) is 111 Å². The molecule has 4 unspecified atom stereocenters. The van der Waals surface area contributed by atoms with Gasteiger partial charge in [-0.2, -0.15) is 0 Å². The summed E-state index contributed by atoms with van der Waals surface area (Å²) in [6, 6.07) is 17.0. The predicted molar refractivity (Wildman–Crippen MR) is 360 cm³/mol. The van der Waals surface area contributed by atoms with Crippen LogP contribution in [0.25, 0.3) is 0 Å². The molecule has 0 radical (unpaired) electrons. The minimum atomic E-state index is 0.582. The van der Waals surface area contributed by atoms with Crippen LogP contribution in [0, 0.1) is 79.1 Å². The number of ether oxygens (including phenoxy) is 6.